The highest BCUT2D eigenvalue weighted by Gasteiger charge is 2.30. The molecular weight excluding hydrogens is 278 g/mol. The third kappa shape index (κ3) is 4.07. The predicted molar refractivity (Wildman–Crippen MR) is 74.5 cm³/mol. The first-order chi connectivity index (χ1) is 9.27. The summed E-state index contributed by atoms with van der Waals surface area (Å²) < 4.78 is 29.3. The van der Waals surface area contributed by atoms with Crippen molar-refractivity contribution in [2.45, 2.75) is 37.9 Å². The molecule has 1 atom stereocenters. The van der Waals surface area contributed by atoms with Gasteiger partial charge in [0, 0.05) is 0 Å². The summed E-state index contributed by atoms with van der Waals surface area (Å²) >= 11 is 0. The molecule has 1 aromatic rings. The lowest BCUT2D eigenvalue weighted by Crippen LogP contribution is -2.32. The topological polar surface area (TPSA) is 84.2 Å². The second-order valence-electron chi connectivity index (χ2n) is 4.70. The lowest BCUT2D eigenvalue weighted by atomic mass is 10.1. The molecule has 0 N–H and O–H groups in total. The Morgan fingerprint density at radius 1 is 1.30 bits per heavy atom. The van der Waals surface area contributed by atoms with Crippen molar-refractivity contribution < 1.29 is 17.9 Å². The molecule has 108 valence electrons. The van der Waals surface area contributed by atoms with E-state index in [1.165, 1.54) is 6.92 Å². The number of nitriles is 1. The van der Waals surface area contributed by atoms with E-state index in [1.54, 1.807) is 38.1 Å². The molecule has 0 amide bonds. The molecule has 20 heavy (non-hydrogen) atoms. The molecule has 0 bridgehead atoms. The number of hydrogen-bond donors (Lipinski definition) is 0. The molecule has 0 aliphatic heterocycles. The molecule has 0 spiro atoms. The normalized spacial score (nSPS) is 12.8. The van der Waals surface area contributed by atoms with Gasteiger partial charge in [-0.25, -0.2) is 8.42 Å². The number of nitrogens with zero attached hydrogens (tertiary/aromatic N) is 1. The van der Waals surface area contributed by atoms with E-state index in [-0.39, 0.29) is 11.9 Å². The molecular formula is C14H17NO4S. The van der Waals surface area contributed by atoms with Crippen LogP contribution in [0.1, 0.15) is 31.9 Å². The van der Waals surface area contributed by atoms with E-state index >= 15 is 0 Å². The highest BCUT2D eigenvalue weighted by molar-refractivity contribution is 7.92. The van der Waals surface area contributed by atoms with E-state index in [2.05, 4.69) is 0 Å². The Hall–Kier alpha value is -1.87. The van der Waals surface area contributed by atoms with Crippen LogP contribution in [-0.2, 0) is 25.1 Å². The number of esters is 1. The number of rotatable bonds is 5. The quantitative estimate of drug-likeness (QED) is 0.773. The highest BCUT2D eigenvalue weighted by Crippen LogP contribution is 2.16. The monoisotopic (exact) mass is 295 g/mol. The third-order valence-electron chi connectivity index (χ3n) is 2.72. The minimum Gasteiger partial charge on any atom is -0.462 e. The average Bonchev–Trinajstić information content (AvgIpc) is 2.37. The molecule has 5 nitrogen and oxygen atoms in total. The Kier molecular flexibility index (Phi) is 5.28. The fraction of sp³-hybridized carbons (Fsp3) is 0.429. The first-order valence-electron chi connectivity index (χ1n) is 6.18. The van der Waals surface area contributed by atoms with Crippen molar-refractivity contribution in [1.82, 2.24) is 0 Å². The highest BCUT2D eigenvalue weighted by atomic mass is 32.2. The molecule has 0 heterocycles. The summed E-state index contributed by atoms with van der Waals surface area (Å²) in [5.41, 5.74) is 0.680. The molecule has 0 aliphatic rings. The summed E-state index contributed by atoms with van der Waals surface area (Å²) in [7, 11) is -3.72. The maximum atomic E-state index is 12.2. The fourth-order valence-electron chi connectivity index (χ4n) is 1.57. The second kappa shape index (κ2) is 6.53. The number of sulfone groups is 1. The zero-order valence-corrected chi connectivity index (χ0v) is 12.5. The van der Waals surface area contributed by atoms with Gasteiger partial charge in [0.1, 0.15) is 0 Å². The van der Waals surface area contributed by atoms with E-state index in [0.29, 0.717) is 11.1 Å². The summed E-state index contributed by atoms with van der Waals surface area (Å²) in [5.74, 6) is -1.13. The molecule has 0 aliphatic carbocycles. The van der Waals surface area contributed by atoms with Gasteiger partial charge in [0.2, 0.25) is 0 Å². The minimum absolute atomic E-state index is 0.292. The summed E-state index contributed by atoms with van der Waals surface area (Å²) in [5, 5.41) is 7.69. The Balaban J connectivity index is 2.95. The summed E-state index contributed by atoms with van der Waals surface area (Å²) in [4.78, 5) is 11.7. The van der Waals surface area contributed by atoms with Gasteiger partial charge >= 0.3 is 5.97 Å². The van der Waals surface area contributed by atoms with E-state index < -0.39 is 21.1 Å². The Morgan fingerprint density at radius 2 is 1.90 bits per heavy atom. The van der Waals surface area contributed by atoms with Crippen LogP contribution >= 0.6 is 0 Å². The molecule has 0 saturated carbocycles. The number of hydrogen-bond acceptors (Lipinski definition) is 5. The van der Waals surface area contributed by atoms with E-state index in [0.717, 1.165) is 0 Å². The molecule has 0 aromatic heterocycles. The van der Waals surface area contributed by atoms with Crippen LogP contribution < -0.4 is 0 Å². The van der Waals surface area contributed by atoms with E-state index in [4.69, 9.17) is 10.00 Å². The molecule has 6 heteroatoms. The Morgan fingerprint density at radius 3 is 2.45 bits per heavy atom. The molecule has 1 unspecified atom stereocenters. The maximum absolute atomic E-state index is 12.2. The van der Waals surface area contributed by atoms with Crippen LogP contribution in [0.5, 0.6) is 0 Å². The van der Waals surface area contributed by atoms with Crippen LogP contribution in [0.15, 0.2) is 24.3 Å². The SMILES string of the molecule is CC(C)OC(=O)C(C)S(=O)(=O)Cc1ccccc1C#N. The Bertz CT molecular complexity index is 629. The zero-order chi connectivity index (χ0) is 15.3. The summed E-state index contributed by atoms with van der Waals surface area (Å²) in [6.45, 7) is 4.61. The zero-order valence-electron chi connectivity index (χ0n) is 11.7. The first kappa shape index (κ1) is 16.2. The summed E-state index contributed by atoms with van der Waals surface area (Å²) in [6, 6.07) is 8.36. The van der Waals surface area contributed by atoms with Crippen molar-refractivity contribution in [2.75, 3.05) is 0 Å². The van der Waals surface area contributed by atoms with Gasteiger partial charge in [-0.2, -0.15) is 5.26 Å². The van der Waals surface area contributed by atoms with Crippen molar-refractivity contribution >= 4 is 15.8 Å². The van der Waals surface area contributed by atoms with E-state index in [1.807, 2.05) is 6.07 Å². The number of benzene rings is 1. The minimum atomic E-state index is -3.72. The molecule has 0 fully saturated rings. The van der Waals surface area contributed by atoms with Gasteiger partial charge in [-0.3, -0.25) is 4.79 Å². The Labute approximate surface area is 119 Å². The fourth-order valence-corrected chi connectivity index (χ4v) is 2.86. The molecule has 1 aromatic carbocycles. The smallest absolute Gasteiger partial charge is 0.324 e. The lowest BCUT2D eigenvalue weighted by molar-refractivity contribution is -0.146. The van der Waals surface area contributed by atoms with Crippen LogP contribution in [0, 0.1) is 11.3 Å². The number of carbonyl (C=O) groups excluding carboxylic acids is 1. The van der Waals surface area contributed by atoms with Gasteiger partial charge in [-0.05, 0) is 32.4 Å². The van der Waals surface area contributed by atoms with Crippen LogP contribution in [0.4, 0.5) is 0 Å². The van der Waals surface area contributed by atoms with E-state index in [9.17, 15) is 13.2 Å². The second-order valence-corrected chi connectivity index (χ2v) is 7.03. The third-order valence-corrected chi connectivity index (χ3v) is 4.70. The van der Waals surface area contributed by atoms with Crippen molar-refractivity contribution in [3.05, 3.63) is 35.4 Å². The first-order valence-corrected chi connectivity index (χ1v) is 7.89. The van der Waals surface area contributed by atoms with Crippen molar-refractivity contribution in [1.29, 1.82) is 5.26 Å². The van der Waals surface area contributed by atoms with Crippen LogP contribution in [0.2, 0.25) is 0 Å². The molecule has 0 saturated heterocycles. The van der Waals surface area contributed by atoms with Gasteiger partial charge in [0.05, 0.1) is 23.5 Å². The summed E-state index contributed by atoms with van der Waals surface area (Å²) in [6.07, 6.45) is -0.369. The molecule has 0 radical (unpaired) electrons. The largest absolute Gasteiger partial charge is 0.462 e. The van der Waals surface area contributed by atoms with Gasteiger partial charge < -0.3 is 4.74 Å². The number of carbonyl (C=O) groups is 1. The van der Waals surface area contributed by atoms with Crippen LogP contribution in [-0.4, -0.2) is 25.7 Å². The number of ether oxygens (including phenoxy) is 1. The van der Waals surface area contributed by atoms with Gasteiger partial charge in [0.25, 0.3) is 0 Å². The van der Waals surface area contributed by atoms with Gasteiger partial charge in [0.15, 0.2) is 15.1 Å². The van der Waals surface area contributed by atoms with Crippen molar-refractivity contribution in [2.24, 2.45) is 0 Å². The average molecular weight is 295 g/mol. The maximum Gasteiger partial charge on any atom is 0.324 e. The van der Waals surface area contributed by atoms with Crippen LogP contribution in [0.25, 0.3) is 0 Å². The van der Waals surface area contributed by atoms with Gasteiger partial charge in [-0.15, -0.1) is 0 Å². The lowest BCUT2D eigenvalue weighted by Gasteiger charge is -2.15. The molecule has 1 rings (SSSR count). The standard InChI is InChI=1S/C14H17NO4S/c1-10(2)19-14(16)11(3)20(17,18)9-13-7-5-4-6-12(13)8-15/h4-7,10-11H,9H2,1-3H3. The van der Waals surface area contributed by atoms with Gasteiger partial charge in [-0.1, -0.05) is 18.2 Å². The van der Waals surface area contributed by atoms with Crippen molar-refractivity contribution in [3.63, 3.8) is 0 Å². The van der Waals surface area contributed by atoms with Crippen molar-refractivity contribution in [3.8, 4) is 6.07 Å². The van der Waals surface area contributed by atoms with Crippen LogP contribution in [0.3, 0.4) is 0 Å². The predicted octanol–water partition coefficient (Wildman–Crippen LogP) is 1.81.